The first-order valence-corrected chi connectivity index (χ1v) is 24.8. The number of esters is 2. The lowest BCUT2D eigenvalue weighted by molar-refractivity contribution is -0.161. The van der Waals surface area contributed by atoms with Gasteiger partial charge >= 0.3 is 27.6 Å². The lowest BCUT2D eigenvalue weighted by atomic mass is 10.1. The third-order valence-corrected chi connectivity index (χ3v) is 10.1. The summed E-state index contributed by atoms with van der Waals surface area (Å²) in [5, 5.41) is 19.5. The van der Waals surface area contributed by atoms with Crippen molar-refractivity contribution in [2.75, 3.05) is 26.4 Å². The molecule has 5 N–H and O–H groups in total. The molecule has 0 saturated carbocycles. The monoisotopic (exact) mass is 890 g/mol. The second kappa shape index (κ2) is 39.4. The van der Waals surface area contributed by atoms with Gasteiger partial charge in [-0.2, -0.15) is 0 Å². The largest absolute Gasteiger partial charge is 0.472 e. The van der Waals surface area contributed by atoms with Crippen LogP contribution in [0.25, 0.3) is 0 Å². The fraction of sp³-hybridized carbons (Fsp3) is 0.682. The van der Waals surface area contributed by atoms with Gasteiger partial charge in [0, 0.05) is 12.8 Å². The van der Waals surface area contributed by atoms with Gasteiger partial charge in [0.2, 0.25) is 0 Å². The molecule has 14 nitrogen and oxygen atoms in total. The van der Waals surface area contributed by atoms with Gasteiger partial charge in [0.1, 0.15) is 12.7 Å². The lowest BCUT2D eigenvalue weighted by Crippen LogP contribution is -2.30. The van der Waals surface area contributed by atoms with Crippen LogP contribution in [-0.4, -0.2) is 81.6 Å². The third kappa shape index (κ3) is 42.2. The molecule has 16 heteroatoms. The van der Waals surface area contributed by atoms with E-state index in [9.17, 15) is 33.8 Å². The van der Waals surface area contributed by atoms with Gasteiger partial charge in [0.15, 0.2) is 6.10 Å². The van der Waals surface area contributed by atoms with Crippen molar-refractivity contribution in [3.05, 3.63) is 72.9 Å². The summed E-state index contributed by atoms with van der Waals surface area (Å²) in [6, 6.07) is 0. The number of phosphoric acid groups is 2. The Hall–Kier alpha value is -2.48. The van der Waals surface area contributed by atoms with Gasteiger partial charge in [-0.05, 0) is 70.6 Å². The summed E-state index contributed by atoms with van der Waals surface area (Å²) in [4.78, 5) is 52.6. The number of unbranched alkanes of at least 4 members (excludes halogenated alkanes) is 12. The summed E-state index contributed by atoms with van der Waals surface area (Å²) in [5.41, 5.74) is 0. The number of carbonyl (C=O) groups is 2. The molecular formula is C44H76O14P2. The SMILES string of the molecule is CC/C=C\C(O)C/C=C/C=C\C/C=C\C/C=C\CCCC(=O)OC[C@H](COP(=O)(O)OC[C@@H](O)COP(=O)(O)O)OC(=O)CCCCCCC/C=C\CCCCCCCC. The van der Waals surface area contributed by atoms with E-state index in [2.05, 4.69) is 28.1 Å². The van der Waals surface area contributed by atoms with Crippen molar-refractivity contribution in [2.45, 2.75) is 167 Å². The number of carbonyl (C=O) groups excluding carboxylic acids is 2. The summed E-state index contributed by atoms with van der Waals surface area (Å²) >= 11 is 0. The molecule has 0 aliphatic rings. The quantitative estimate of drug-likeness (QED) is 0.0127. The number of aliphatic hydroxyl groups excluding tert-OH is 2. The molecule has 0 radical (unpaired) electrons. The highest BCUT2D eigenvalue weighted by Crippen LogP contribution is 2.43. The molecule has 0 fully saturated rings. The lowest BCUT2D eigenvalue weighted by Gasteiger charge is -2.20. The van der Waals surface area contributed by atoms with E-state index >= 15 is 0 Å². The van der Waals surface area contributed by atoms with Crippen LogP contribution in [0.3, 0.4) is 0 Å². The van der Waals surface area contributed by atoms with Crippen LogP contribution in [0.4, 0.5) is 0 Å². The summed E-state index contributed by atoms with van der Waals surface area (Å²) in [7, 11) is -9.71. The van der Waals surface area contributed by atoms with Crippen LogP contribution in [0.2, 0.25) is 0 Å². The first-order valence-electron chi connectivity index (χ1n) is 21.7. The van der Waals surface area contributed by atoms with Crippen LogP contribution in [0, 0.1) is 0 Å². The van der Waals surface area contributed by atoms with E-state index in [4.69, 9.17) is 23.8 Å². The molecule has 0 spiro atoms. The predicted molar refractivity (Wildman–Crippen MR) is 236 cm³/mol. The summed E-state index contributed by atoms with van der Waals surface area (Å²) in [6.07, 6.45) is 39.6. The predicted octanol–water partition coefficient (Wildman–Crippen LogP) is 9.98. The number of rotatable bonds is 40. The van der Waals surface area contributed by atoms with E-state index in [1.807, 2.05) is 61.6 Å². The zero-order valence-corrected chi connectivity index (χ0v) is 37.9. The minimum absolute atomic E-state index is 0.0943. The summed E-state index contributed by atoms with van der Waals surface area (Å²) in [5.74, 6) is -1.14. The number of ether oxygens (including phenoxy) is 2. The molecular weight excluding hydrogens is 814 g/mol. The van der Waals surface area contributed by atoms with Crippen molar-refractivity contribution in [1.29, 1.82) is 0 Å². The number of hydrogen-bond donors (Lipinski definition) is 5. The van der Waals surface area contributed by atoms with E-state index in [1.54, 1.807) is 6.08 Å². The van der Waals surface area contributed by atoms with Gasteiger partial charge in [-0.15, -0.1) is 0 Å². The summed E-state index contributed by atoms with van der Waals surface area (Å²) in [6.45, 7) is 1.42. The molecule has 0 aromatic carbocycles. The Bertz CT molecular complexity index is 1350. The van der Waals surface area contributed by atoms with E-state index in [0.29, 0.717) is 25.7 Å². The normalized spacial score (nSPS) is 15.2. The zero-order chi connectivity index (χ0) is 44.6. The van der Waals surface area contributed by atoms with Gasteiger partial charge in [-0.1, -0.05) is 138 Å². The van der Waals surface area contributed by atoms with Gasteiger partial charge in [-0.25, -0.2) is 9.13 Å². The molecule has 0 heterocycles. The van der Waals surface area contributed by atoms with Crippen LogP contribution in [-0.2, 0) is 41.8 Å². The molecule has 346 valence electrons. The second-order valence-electron chi connectivity index (χ2n) is 14.4. The van der Waals surface area contributed by atoms with E-state index in [1.165, 1.54) is 38.5 Å². The molecule has 0 aliphatic heterocycles. The first-order chi connectivity index (χ1) is 28.8. The molecule has 0 aliphatic carbocycles. The molecule has 4 atom stereocenters. The van der Waals surface area contributed by atoms with E-state index < -0.39 is 72.3 Å². The highest BCUT2D eigenvalue weighted by Gasteiger charge is 2.28. The molecule has 0 saturated heterocycles. The van der Waals surface area contributed by atoms with Crippen molar-refractivity contribution in [2.24, 2.45) is 0 Å². The average Bonchev–Trinajstić information content (AvgIpc) is 3.20. The molecule has 0 amide bonds. The van der Waals surface area contributed by atoms with Crippen molar-refractivity contribution < 1.29 is 66.7 Å². The maximum atomic E-state index is 12.7. The molecule has 2 unspecified atom stereocenters. The van der Waals surface area contributed by atoms with Crippen LogP contribution in [0.5, 0.6) is 0 Å². The van der Waals surface area contributed by atoms with Crippen molar-refractivity contribution in [1.82, 2.24) is 0 Å². The Labute approximate surface area is 359 Å². The van der Waals surface area contributed by atoms with E-state index in [0.717, 1.165) is 57.8 Å². The Morgan fingerprint density at radius 1 is 0.567 bits per heavy atom. The third-order valence-electron chi connectivity index (χ3n) is 8.64. The van der Waals surface area contributed by atoms with Crippen LogP contribution in [0.1, 0.15) is 149 Å². The van der Waals surface area contributed by atoms with Gasteiger partial charge < -0.3 is 34.4 Å². The maximum absolute atomic E-state index is 12.7. The number of aliphatic hydroxyl groups is 2. The van der Waals surface area contributed by atoms with Crippen LogP contribution in [0.15, 0.2) is 72.9 Å². The molecule has 0 aromatic rings. The van der Waals surface area contributed by atoms with Crippen molar-refractivity contribution >= 4 is 27.6 Å². The van der Waals surface area contributed by atoms with Gasteiger partial charge in [0.05, 0.1) is 25.9 Å². The van der Waals surface area contributed by atoms with E-state index in [-0.39, 0.29) is 12.8 Å². The topological polar surface area (TPSA) is 216 Å². The Balaban J connectivity index is 4.66. The Kier molecular flexibility index (Phi) is 37.7. The number of allylic oxidation sites excluding steroid dienone is 10. The van der Waals surface area contributed by atoms with Crippen molar-refractivity contribution in [3.8, 4) is 0 Å². The van der Waals surface area contributed by atoms with Crippen LogP contribution < -0.4 is 0 Å². The fourth-order valence-electron chi connectivity index (χ4n) is 5.34. The highest BCUT2D eigenvalue weighted by atomic mass is 31.2. The fourth-order valence-corrected chi connectivity index (χ4v) is 6.49. The molecule has 60 heavy (non-hydrogen) atoms. The Morgan fingerprint density at radius 2 is 1.10 bits per heavy atom. The van der Waals surface area contributed by atoms with Gasteiger partial charge in [0.25, 0.3) is 0 Å². The highest BCUT2D eigenvalue weighted by molar-refractivity contribution is 7.47. The van der Waals surface area contributed by atoms with Gasteiger partial charge in [-0.3, -0.25) is 23.2 Å². The minimum atomic E-state index is -4.88. The molecule has 0 aromatic heterocycles. The molecule has 0 bridgehead atoms. The Morgan fingerprint density at radius 3 is 1.77 bits per heavy atom. The maximum Gasteiger partial charge on any atom is 0.472 e. The zero-order valence-electron chi connectivity index (χ0n) is 36.1. The van der Waals surface area contributed by atoms with Crippen LogP contribution >= 0.6 is 15.6 Å². The minimum Gasteiger partial charge on any atom is -0.462 e. The van der Waals surface area contributed by atoms with Crippen molar-refractivity contribution in [3.63, 3.8) is 0 Å². The first kappa shape index (κ1) is 57.5. The standard InChI is InChI=1S/C44H76O14P2/c1-3-5-7-8-9-10-11-12-13-14-19-22-25-28-31-35-44(48)58-42(39-57-60(52,53)56-37-41(46)36-55-59(49,50)51)38-54-43(47)34-30-27-24-21-18-16-15-17-20-23-26-29-33-40(45)32-6-4-2/h6,12-13,15-16,20-21,23-24,26,29,32,40-42,45-46H,3-5,7-11,14,17-19,22,25,27-28,30-31,33-39H2,1-2H3,(H,52,53)(H2,49,50,51)/b13-12-,16-15-,23-20-,24-21-,29-26+,32-6-/t40?,41-,42+/m0/s1. The number of phosphoric ester groups is 2. The molecule has 0 rings (SSSR count). The smallest absolute Gasteiger partial charge is 0.462 e. The second-order valence-corrected chi connectivity index (χ2v) is 17.1. The average molecular weight is 891 g/mol. The number of hydrogen-bond acceptors (Lipinski definition) is 11. The summed E-state index contributed by atoms with van der Waals surface area (Å²) < 4.78 is 47.7.